The zero-order chi connectivity index (χ0) is 18.6. The standard InChI is InChI=1S/C20H18N4O3/c1-3-26-16-10-5-4-9-15(16)23-19-17-18(24-27-20(17)22-12-21-19)13-7-6-8-14(11-13)25-2/h4-12H,3H2,1-2H3,(H,21,22,23). The van der Waals surface area contributed by atoms with Crippen LogP contribution in [0.5, 0.6) is 11.5 Å². The van der Waals surface area contributed by atoms with Gasteiger partial charge in [-0.1, -0.05) is 29.4 Å². The van der Waals surface area contributed by atoms with Gasteiger partial charge in [-0.2, -0.15) is 4.98 Å². The second-order valence-electron chi connectivity index (χ2n) is 5.72. The average Bonchev–Trinajstić information content (AvgIpc) is 3.15. The van der Waals surface area contributed by atoms with Gasteiger partial charge in [-0.25, -0.2) is 4.98 Å². The Kier molecular flexibility index (Phi) is 4.57. The molecule has 7 nitrogen and oxygen atoms in total. The normalized spacial score (nSPS) is 10.7. The first-order valence-corrected chi connectivity index (χ1v) is 8.53. The molecular formula is C20H18N4O3. The molecule has 0 amide bonds. The topological polar surface area (TPSA) is 82.3 Å². The number of nitrogens with one attached hydrogen (secondary N) is 1. The summed E-state index contributed by atoms with van der Waals surface area (Å²) in [5, 5.41) is 8.21. The molecule has 0 bridgehead atoms. The number of benzene rings is 2. The molecule has 0 unspecified atom stereocenters. The van der Waals surface area contributed by atoms with E-state index in [9.17, 15) is 0 Å². The van der Waals surface area contributed by atoms with Crippen molar-refractivity contribution in [3.05, 3.63) is 54.9 Å². The molecule has 4 aromatic rings. The first-order chi connectivity index (χ1) is 13.3. The molecule has 7 heteroatoms. The molecule has 4 rings (SSSR count). The number of nitrogens with zero attached hydrogens (tertiary/aromatic N) is 3. The fraction of sp³-hybridized carbons (Fsp3) is 0.150. The van der Waals surface area contributed by atoms with E-state index in [4.69, 9.17) is 14.0 Å². The number of hydrogen-bond donors (Lipinski definition) is 1. The van der Waals surface area contributed by atoms with Crippen LogP contribution in [0.2, 0.25) is 0 Å². The Morgan fingerprint density at radius 1 is 1.07 bits per heavy atom. The molecule has 0 saturated heterocycles. The van der Waals surface area contributed by atoms with E-state index in [-0.39, 0.29) is 0 Å². The quantitative estimate of drug-likeness (QED) is 0.543. The van der Waals surface area contributed by atoms with Gasteiger partial charge >= 0.3 is 0 Å². The number of hydrogen-bond acceptors (Lipinski definition) is 7. The maximum Gasteiger partial charge on any atom is 0.263 e. The summed E-state index contributed by atoms with van der Waals surface area (Å²) < 4.78 is 16.4. The van der Waals surface area contributed by atoms with Crippen molar-refractivity contribution in [2.75, 3.05) is 19.0 Å². The minimum atomic E-state index is 0.402. The summed E-state index contributed by atoms with van der Waals surface area (Å²) >= 11 is 0. The fourth-order valence-corrected chi connectivity index (χ4v) is 2.83. The van der Waals surface area contributed by atoms with Crippen LogP contribution in [0.25, 0.3) is 22.4 Å². The van der Waals surface area contributed by atoms with Crippen LogP contribution in [0, 0.1) is 0 Å². The summed E-state index contributed by atoms with van der Waals surface area (Å²) in [6, 6.07) is 15.3. The van der Waals surface area contributed by atoms with Gasteiger partial charge < -0.3 is 19.3 Å². The predicted octanol–water partition coefficient (Wildman–Crippen LogP) is 4.44. The van der Waals surface area contributed by atoms with E-state index < -0.39 is 0 Å². The largest absolute Gasteiger partial charge is 0.497 e. The van der Waals surface area contributed by atoms with E-state index in [0.717, 1.165) is 22.7 Å². The van der Waals surface area contributed by atoms with Crippen molar-refractivity contribution in [1.82, 2.24) is 15.1 Å². The monoisotopic (exact) mass is 362 g/mol. The highest BCUT2D eigenvalue weighted by Gasteiger charge is 2.18. The number of anilines is 2. The summed E-state index contributed by atoms with van der Waals surface area (Å²) in [6.45, 7) is 2.51. The van der Waals surface area contributed by atoms with Crippen LogP contribution in [-0.4, -0.2) is 28.8 Å². The molecule has 0 spiro atoms. The fourth-order valence-electron chi connectivity index (χ4n) is 2.83. The number of fused-ring (bicyclic) bond motifs is 1. The van der Waals surface area contributed by atoms with E-state index in [2.05, 4.69) is 20.4 Å². The number of ether oxygens (including phenoxy) is 2. The molecular weight excluding hydrogens is 344 g/mol. The number of methoxy groups -OCH3 is 1. The lowest BCUT2D eigenvalue weighted by Gasteiger charge is -2.12. The second-order valence-corrected chi connectivity index (χ2v) is 5.72. The third kappa shape index (κ3) is 3.27. The molecule has 0 aliphatic rings. The maximum atomic E-state index is 5.69. The van der Waals surface area contributed by atoms with Gasteiger partial charge in [0.2, 0.25) is 0 Å². The van der Waals surface area contributed by atoms with Crippen molar-refractivity contribution in [1.29, 1.82) is 0 Å². The summed E-state index contributed by atoms with van der Waals surface area (Å²) in [6.07, 6.45) is 1.44. The Morgan fingerprint density at radius 3 is 2.81 bits per heavy atom. The van der Waals surface area contributed by atoms with Crippen molar-refractivity contribution in [2.45, 2.75) is 6.92 Å². The van der Waals surface area contributed by atoms with Crippen LogP contribution in [0.3, 0.4) is 0 Å². The van der Waals surface area contributed by atoms with Crippen LogP contribution in [0.15, 0.2) is 59.4 Å². The van der Waals surface area contributed by atoms with Crippen molar-refractivity contribution >= 4 is 22.6 Å². The molecule has 27 heavy (non-hydrogen) atoms. The van der Waals surface area contributed by atoms with Gasteiger partial charge in [0, 0.05) is 5.56 Å². The Morgan fingerprint density at radius 2 is 1.96 bits per heavy atom. The molecule has 0 fully saturated rings. The summed E-state index contributed by atoms with van der Waals surface area (Å²) in [5.41, 5.74) is 2.70. The van der Waals surface area contributed by atoms with Crippen molar-refractivity contribution in [3.8, 4) is 22.8 Å². The molecule has 0 aliphatic heterocycles. The molecule has 2 aromatic carbocycles. The van der Waals surface area contributed by atoms with Crippen LogP contribution in [0.4, 0.5) is 11.5 Å². The molecule has 1 N–H and O–H groups in total. The average molecular weight is 362 g/mol. The zero-order valence-electron chi connectivity index (χ0n) is 15.0. The Hall–Kier alpha value is -3.61. The van der Waals surface area contributed by atoms with E-state index in [1.165, 1.54) is 6.33 Å². The van der Waals surface area contributed by atoms with Gasteiger partial charge in [-0.3, -0.25) is 0 Å². The zero-order valence-corrected chi connectivity index (χ0v) is 15.0. The van der Waals surface area contributed by atoms with Crippen molar-refractivity contribution < 1.29 is 14.0 Å². The van der Waals surface area contributed by atoms with E-state index in [1.807, 2.05) is 55.5 Å². The van der Waals surface area contributed by atoms with E-state index in [0.29, 0.717) is 29.2 Å². The second kappa shape index (κ2) is 7.33. The minimum Gasteiger partial charge on any atom is -0.497 e. The third-order valence-electron chi connectivity index (χ3n) is 4.06. The smallest absolute Gasteiger partial charge is 0.263 e. The molecule has 0 radical (unpaired) electrons. The lowest BCUT2D eigenvalue weighted by atomic mass is 10.1. The maximum absolute atomic E-state index is 5.69. The first kappa shape index (κ1) is 16.8. The molecule has 2 heterocycles. The highest BCUT2D eigenvalue weighted by Crippen LogP contribution is 2.35. The van der Waals surface area contributed by atoms with Gasteiger partial charge in [-0.05, 0) is 31.2 Å². The van der Waals surface area contributed by atoms with Crippen LogP contribution in [0.1, 0.15) is 6.92 Å². The SMILES string of the molecule is CCOc1ccccc1Nc1ncnc2onc(-c3cccc(OC)c3)c12. The van der Waals surface area contributed by atoms with Crippen LogP contribution in [-0.2, 0) is 0 Å². The summed E-state index contributed by atoms with van der Waals surface area (Å²) in [7, 11) is 1.63. The van der Waals surface area contributed by atoms with Gasteiger partial charge in [0.25, 0.3) is 5.71 Å². The summed E-state index contributed by atoms with van der Waals surface area (Å²) in [5.74, 6) is 2.06. The predicted molar refractivity (Wildman–Crippen MR) is 102 cm³/mol. The first-order valence-electron chi connectivity index (χ1n) is 8.53. The lowest BCUT2D eigenvalue weighted by molar-refractivity contribution is 0.342. The highest BCUT2D eigenvalue weighted by molar-refractivity contribution is 5.99. The number of rotatable bonds is 6. The Bertz CT molecular complexity index is 1080. The minimum absolute atomic E-state index is 0.402. The molecule has 0 saturated carbocycles. The molecule has 136 valence electrons. The Labute approximate surface area is 156 Å². The van der Waals surface area contributed by atoms with Gasteiger partial charge in [0.05, 0.1) is 19.4 Å². The van der Waals surface area contributed by atoms with Gasteiger partial charge in [0.15, 0.2) is 0 Å². The summed E-state index contributed by atoms with van der Waals surface area (Å²) in [4.78, 5) is 8.58. The number of para-hydroxylation sites is 2. The van der Waals surface area contributed by atoms with E-state index >= 15 is 0 Å². The molecule has 2 aromatic heterocycles. The lowest BCUT2D eigenvalue weighted by Crippen LogP contribution is -2.00. The van der Waals surface area contributed by atoms with E-state index in [1.54, 1.807) is 7.11 Å². The third-order valence-corrected chi connectivity index (χ3v) is 4.06. The van der Waals surface area contributed by atoms with Crippen LogP contribution < -0.4 is 14.8 Å². The Balaban J connectivity index is 1.82. The van der Waals surface area contributed by atoms with Crippen LogP contribution >= 0.6 is 0 Å². The molecule has 0 aliphatic carbocycles. The number of aromatic nitrogens is 3. The molecule has 0 atom stereocenters. The van der Waals surface area contributed by atoms with Gasteiger partial charge in [0.1, 0.15) is 34.7 Å². The van der Waals surface area contributed by atoms with Gasteiger partial charge in [-0.15, -0.1) is 0 Å². The van der Waals surface area contributed by atoms with Crippen molar-refractivity contribution in [2.24, 2.45) is 0 Å². The van der Waals surface area contributed by atoms with Crippen molar-refractivity contribution in [3.63, 3.8) is 0 Å². The highest BCUT2D eigenvalue weighted by atomic mass is 16.5.